The lowest BCUT2D eigenvalue weighted by molar-refractivity contribution is 0.464. The molecule has 0 aromatic heterocycles. The van der Waals surface area contributed by atoms with Gasteiger partial charge in [0, 0.05) is 29.6 Å². The van der Waals surface area contributed by atoms with Gasteiger partial charge in [0.15, 0.2) is 46.0 Å². The number of para-hydroxylation sites is 14. The van der Waals surface area contributed by atoms with Crippen molar-refractivity contribution in [3.8, 4) is 69.0 Å². The first-order chi connectivity index (χ1) is 38.7. The molecule has 0 aliphatic carbocycles. The molecule has 0 N–H and O–H groups in total. The van der Waals surface area contributed by atoms with Gasteiger partial charge >= 0.3 is 0 Å². The summed E-state index contributed by atoms with van der Waals surface area (Å²) in [5.74, 6) is 9.22. The van der Waals surface area contributed by atoms with E-state index in [1.54, 1.807) is 0 Å². The highest BCUT2D eigenvalue weighted by Gasteiger charge is 2.50. The molecule has 0 radical (unpaired) electrons. The molecule has 0 bridgehead atoms. The molecular weight excluding hydrogens is 966 g/mol. The number of nitrogens with zero attached hydrogens (tertiary/aromatic N) is 4. The highest BCUT2D eigenvalue weighted by atomic mass is 16.5. The number of hydrogen-bond donors (Lipinski definition) is 0. The summed E-state index contributed by atoms with van der Waals surface area (Å²) in [6.07, 6.45) is 0. The second kappa shape index (κ2) is 14.7. The second-order valence-corrected chi connectivity index (χ2v) is 20.7. The Hall–Kier alpha value is -10.5. The van der Waals surface area contributed by atoms with E-state index in [0.717, 1.165) is 170 Å². The number of hydrogen-bond acceptors (Lipinski definition) is 10. The highest BCUT2D eigenvalue weighted by Crippen LogP contribution is 2.59. The molecule has 10 nitrogen and oxygen atoms in total. The number of fused-ring (bicyclic) bond motifs is 16. The van der Waals surface area contributed by atoms with Gasteiger partial charge in [0.05, 0.1) is 56.9 Å². The quantitative estimate of drug-likeness (QED) is 0.156. The third-order valence-electron chi connectivity index (χ3n) is 16.6. The molecule has 0 saturated heterocycles. The van der Waals surface area contributed by atoms with Crippen LogP contribution >= 0.6 is 0 Å². The van der Waals surface area contributed by atoms with E-state index in [0.29, 0.717) is 0 Å². The van der Waals surface area contributed by atoms with Crippen LogP contribution in [-0.4, -0.2) is 13.4 Å². The van der Waals surface area contributed by atoms with Gasteiger partial charge in [0.2, 0.25) is 0 Å². The van der Waals surface area contributed by atoms with Crippen LogP contribution in [0.2, 0.25) is 0 Å². The summed E-state index contributed by atoms with van der Waals surface area (Å²) in [5.41, 5.74) is 18.0. The summed E-state index contributed by atoms with van der Waals surface area (Å²) in [6.45, 7) is -0.487. The van der Waals surface area contributed by atoms with Crippen LogP contribution in [0, 0.1) is 0 Å². The van der Waals surface area contributed by atoms with Crippen molar-refractivity contribution in [3.63, 3.8) is 0 Å². The molecular formula is C66H36B2N4O6. The lowest BCUT2D eigenvalue weighted by atomic mass is 9.31. The fraction of sp³-hybridized carbons (Fsp3) is 0. The van der Waals surface area contributed by atoms with Gasteiger partial charge in [-0.15, -0.1) is 0 Å². The van der Waals surface area contributed by atoms with Crippen molar-refractivity contribution < 1.29 is 28.4 Å². The van der Waals surface area contributed by atoms with E-state index in [1.807, 2.05) is 72.8 Å². The maximum Gasteiger partial charge on any atom is 0.256 e. The minimum Gasteiger partial charge on any atom is -0.458 e. The van der Waals surface area contributed by atoms with Crippen LogP contribution in [0.25, 0.3) is 0 Å². The SMILES string of the molecule is c1ccc2c(c1)Oc1ccccc1N2c1cc2c3c(c1)N1c4ccccc4Oc4cccc(c41)B3c1cc3c(cc1O2)Oc1cc(N2c4ccccc4Oc4ccccc42)cc2c1B3c1cccc3c1N2c1ccccc1O3. The molecule has 12 heteroatoms. The molecule has 0 saturated carbocycles. The van der Waals surface area contributed by atoms with Gasteiger partial charge in [-0.05, 0) is 130 Å². The van der Waals surface area contributed by atoms with Gasteiger partial charge in [-0.3, -0.25) is 0 Å². The zero-order chi connectivity index (χ0) is 50.5. The summed E-state index contributed by atoms with van der Waals surface area (Å²) in [7, 11) is 0. The molecule has 8 aliphatic rings. The largest absolute Gasteiger partial charge is 0.458 e. The van der Waals surface area contributed by atoms with Crippen LogP contribution in [-0.2, 0) is 0 Å². The van der Waals surface area contributed by atoms with E-state index in [-0.39, 0.29) is 13.4 Å². The van der Waals surface area contributed by atoms with Crippen LogP contribution in [0.4, 0.5) is 68.2 Å². The number of rotatable bonds is 2. The van der Waals surface area contributed by atoms with Crippen molar-refractivity contribution in [2.24, 2.45) is 0 Å². The summed E-state index contributed by atoms with van der Waals surface area (Å²) < 4.78 is 41.7. The zero-order valence-electron chi connectivity index (χ0n) is 41.2. The van der Waals surface area contributed by atoms with Crippen molar-refractivity contribution >= 4 is 114 Å². The average molecular weight is 1000 g/mol. The van der Waals surface area contributed by atoms with Gasteiger partial charge in [-0.2, -0.15) is 0 Å². The first-order valence-electron chi connectivity index (χ1n) is 26.3. The van der Waals surface area contributed by atoms with E-state index in [2.05, 4.69) is 165 Å². The Morgan fingerprint density at radius 1 is 0.218 bits per heavy atom. The number of ether oxygens (including phenoxy) is 6. The third-order valence-corrected chi connectivity index (χ3v) is 16.6. The van der Waals surface area contributed by atoms with Crippen molar-refractivity contribution in [1.82, 2.24) is 0 Å². The maximum atomic E-state index is 7.46. The molecule has 11 aromatic carbocycles. The Kier molecular flexibility index (Phi) is 7.70. The summed E-state index contributed by atoms with van der Waals surface area (Å²) in [5, 5.41) is 0. The van der Waals surface area contributed by atoms with Crippen LogP contribution in [0.3, 0.4) is 0 Å². The Labute approximate surface area is 447 Å². The standard InChI is InChI=1S/C66H36B2N4O6/c1-7-23-51-43(17-1)69(44-18-2-8-24-52(44)73-51)37-31-49-63-61(33-37)77-59-36-60-42(35-41(59)67(63)39-15-13-29-57-65(39)71(49)47-21-5-11-27-55(47)75-57)68-40-16-14-30-58-66(40)72(48-22-6-12-28-56(48)76-58)50-32-38(34-62(78-60)64(50)68)70-45-19-3-9-25-53(45)74-54-26-10-4-20-46(54)70/h1-36H. The third kappa shape index (κ3) is 5.27. The van der Waals surface area contributed by atoms with Crippen LogP contribution in [0.1, 0.15) is 0 Å². The molecule has 11 aromatic rings. The van der Waals surface area contributed by atoms with Crippen LogP contribution < -0.4 is 80.8 Å². The monoisotopic (exact) mass is 1000 g/mol. The van der Waals surface area contributed by atoms with Gasteiger partial charge in [-0.1, -0.05) is 103 Å². The summed E-state index contributed by atoms with van der Waals surface area (Å²) >= 11 is 0. The Morgan fingerprint density at radius 2 is 0.526 bits per heavy atom. The van der Waals surface area contributed by atoms with Crippen molar-refractivity contribution in [1.29, 1.82) is 0 Å². The molecule has 0 atom stereocenters. The van der Waals surface area contributed by atoms with Crippen LogP contribution in [0.15, 0.2) is 218 Å². The predicted octanol–water partition coefficient (Wildman–Crippen LogP) is 13.9. The molecule has 0 unspecified atom stereocenters. The molecule has 8 heterocycles. The summed E-state index contributed by atoms with van der Waals surface area (Å²) in [4.78, 5) is 9.33. The molecule has 0 fully saturated rings. The molecule has 362 valence electrons. The molecule has 8 aliphatic heterocycles. The first-order valence-corrected chi connectivity index (χ1v) is 26.3. The van der Waals surface area contributed by atoms with Gasteiger partial charge < -0.3 is 48.0 Å². The van der Waals surface area contributed by atoms with E-state index >= 15 is 0 Å². The van der Waals surface area contributed by atoms with E-state index in [9.17, 15) is 0 Å². The normalized spacial score (nSPS) is 14.6. The topological polar surface area (TPSA) is 68.3 Å². The minimum atomic E-state index is -0.243. The van der Waals surface area contributed by atoms with Crippen molar-refractivity contribution in [2.45, 2.75) is 0 Å². The smallest absolute Gasteiger partial charge is 0.256 e. The second-order valence-electron chi connectivity index (χ2n) is 20.7. The zero-order valence-corrected chi connectivity index (χ0v) is 41.2. The highest BCUT2D eigenvalue weighted by molar-refractivity contribution is 7.02. The van der Waals surface area contributed by atoms with E-state index in [1.165, 1.54) is 0 Å². The van der Waals surface area contributed by atoms with E-state index < -0.39 is 0 Å². The van der Waals surface area contributed by atoms with Crippen molar-refractivity contribution in [2.75, 3.05) is 19.6 Å². The fourth-order valence-electron chi connectivity index (χ4n) is 13.6. The lowest BCUT2D eigenvalue weighted by Gasteiger charge is -2.45. The lowest BCUT2D eigenvalue weighted by Crippen LogP contribution is -2.63. The maximum absolute atomic E-state index is 7.46. The molecule has 78 heavy (non-hydrogen) atoms. The Bertz CT molecular complexity index is 4190. The van der Waals surface area contributed by atoms with Crippen molar-refractivity contribution in [3.05, 3.63) is 218 Å². The predicted molar refractivity (Wildman–Crippen MR) is 308 cm³/mol. The number of benzene rings is 11. The average Bonchev–Trinajstić information content (AvgIpc) is 3.66. The van der Waals surface area contributed by atoms with Gasteiger partial charge in [-0.25, -0.2) is 0 Å². The summed E-state index contributed by atoms with van der Waals surface area (Å²) in [6, 6.07) is 75.9. The molecule has 19 rings (SSSR count). The first kappa shape index (κ1) is 40.9. The Morgan fingerprint density at radius 3 is 0.897 bits per heavy atom. The molecule has 0 spiro atoms. The van der Waals surface area contributed by atoms with E-state index in [4.69, 9.17) is 28.4 Å². The van der Waals surface area contributed by atoms with Crippen LogP contribution in [0.5, 0.6) is 69.0 Å². The van der Waals surface area contributed by atoms with Gasteiger partial charge in [0.1, 0.15) is 23.0 Å². The van der Waals surface area contributed by atoms with Gasteiger partial charge in [0.25, 0.3) is 13.4 Å². The fourth-order valence-corrected chi connectivity index (χ4v) is 13.6. The molecule has 0 amide bonds. The number of anilines is 12. The minimum absolute atomic E-state index is 0.243. The Balaban J connectivity index is 0.857.